The topological polar surface area (TPSA) is 38.7 Å². The summed E-state index contributed by atoms with van der Waals surface area (Å²) in [5, 5.41) is 7.16. The van der Waals surface area contributed by atoms with E-state index in [4.69, 9.17) is 15.0 Å². The van der Waals surface area contributed by atoms with E-state index < -0.39 is 0 Å². The second-order valence-corrected chi connectivity index (χ2v) is 12.5. The molecule has 0 atom stereocenters. The smallest absolute Gasteiger partial charge is 0.164 e. The maximum absolute atomic E-state index is 5.09. The Morgan fingerprint density at radius 3 is 1.47 bits per heavy atom. The number of hydrogen-bond donors (Lipinski definition) is 0. The second-order valence-electron chi connectivity index (χ2n) is 12.5. The highest BCUT2D eigenvalue weighted by Crippen LogP contribution is 2.51. The summed E-state index contributed by atoms with van der Waals surface area (Å²) in [5.74, 6) is 2.00. The van der Waals surface area contributed by atoms with Crippen LogP contribution in [-0.2, 0) is 5.41 Å². The van der Waals surface area contributed by atoms with Crippen LogP contribution >= 0.6 is 0 Å². The van der Waals surface area contributed by atoms with Crippen molar-refractivity contribution in [3.05, 3.63) is 151 Å². The first-order valence-corrected chi connectivity index (χ1v) is 15.4. The Balaban J connectivity index is 1.23. The number of rotatable bonds is 3. The molecule has 0 radical (unpaired) electrons. The lowest BCUT2D eigenvalue weighted by Gasteiger charge is -2.23. The van der Waals surface area contributed by atoms with Gasteiger partial charge in [-0.2, -0.15) is 0 Å². The molecule has 0 bridgehead atoms. The van der Waals surface area contributed by atoms with Crippen molar-refractivity contribution in [1.82, 2.24) is 15.0 Å². The van der Waals surface area contributed by atoms with E-state index in [1.54, 1.807) is 0 Å². The van der Waals surface area contributed by atoms with Gasteiger partial charge in [-0.15, -0.1) is 0 Å². The fourth-order valence-corrected chi connectivity index (χ4v) is 7.18. The van der Waals surface area contributed by atoms with E-state index in [9.17, 15) is 0 Å². The molecule has 1 heterocycles. The maximum Gasteiger partial charge on any atom is 0.164 e. The molecule has 0 aliphatic heterocycles. The zero-order chi connectivity index (χ0) is 30.1. The first-order chi connectivity index (χ1) is 22.0. The molecular weight excluding hydrogens is 546 g/mol. The quantitative estimate of drug-likeness (QED) is 0.210. The Hall–Kier alpha value is -5.67. The van der Waals surface area contributed by atoms with Crippen LogP contribution in [0.25, 0.3) is 77.6 Å². The molecule has 0 amide bonds. The van der Waals surface area contributed by atoms with Gasteiger partial charge in [-0.25, -0.2) is 15.0 Å². The number of nitrogens with zero attached hydrogens (tertiary/aromatic N) is 3. The second kappa shape index (κ2) is 9.67. The fraction of sp³-hybridized carbons (Fsp3) is 0.0714. The largest absolute Gasteiger partial charge is 0.208 e. The lowest BCUT2D eigenvalue weighted by atomic mass is 9.80. The first-order valence-electron chi connectivity index (χ1n) is 15.4. The zero-order valence-electron chi connectivity index (χ0n) is 25.1. The minimum atomic E-state index is -0.0768. The van der Waals surface area contributed by atoms with E-state index in [1.807, 2.05) is 0 Å². The molecule has 0 fully saturated rings. The molecule has 0 saturated heterocycles. The molecule has 0 N–H and O–H groups in total. The van der Waals surface area contributed by atoms with Crippen molar-refractivity contribution >= 4 is 32.3 Å². The molecule has 9 rings (SSSR count). The van der Waals surface area contributed by atoms with Gasteiger partial charge >= 0.3 is 0 Å². The lowest BCUT2D eigenvalue weighted by molar-refractivity contribution is 0.666. The molecule has 7 aromatic carbocycles. The fourth-order valence-electron chi connectivity index (χ4n) is 7.18. The van der Waals surface area contributed by atoms with Crippen LogP contribution in [0.3, 0.4) is 0 Å². The van der Waals surface area contributed by atoms with Crippen LogP contribution in [0.15, 0.2) is 140 Å². The minimum absolute atomic E-state index is 0.0768. The van der Waals surface area contributed by atoms with Gasteiger partial charge in [-0.05, 0) is 72.8 Å². The number of aromatic nitrogens is 3. The molecule has 45 heavy (non-hydrogen) atoms. The van der Waals surface area contributed by atoms with Crippen molar-refractivity contribution in [2.45, 2.75) is 19.3 Å². The average molecular weight is 576 g/mol. The third-order valence-electron chi connectivity index (χ3n) is 9.44. The van der Waals surface area contributed by atoms with Crippen LogP contribution in [0.1, 0.15) is 25.0 Å². The van der Waals surface area contributed by atoms with Crippen molar-refractivity contribution in [2.75, 3.05) is 0 Å². The molecular formula is C42H29N3. The van der Waals surface area contributed by atoms with Crippen molar-refractivity contribution < 1.29 is 0 Å². The summed E-state index contributed by atoms with van der Waals surface area (Å²) in [6, 6.07) is 49.6. The van der Waals surface area contributed by atoms with E-state index >= 15 is 0 Å². The molecule has 212 valence electrons. The molecule has 1 aromatic heterocycles. The highest BCUT2D eigenvalue weighted by atomic mass is 15.0. The summed E-state index contributed by atoms with van der Waals surface area (Å²) in [6.45, 7) is 4.67. The van der Waals surface area contributed by atoms with Gasteiger partial charge in [-0.1, -0.05) is 135 Å². The molecule has 0 saturated carbocycles. The molecule has 1 aliphatic carbocycles. The molecule has 8 aromatic rings. The third kappa shape index (κ3) is 4.08. The highest BCUT2D eigenvalue weighted by Gasteiger charge is 2.36. The van der Waals surface area contributed by atoms with Crippen LogP contribution in [-0.4, -0.2) is 15.0 Å². The van der Waals surface area contributed by atoms with Gasteiger partial charge in [0, 0.05) is 22.1 Å². The number of hydrogen-bond acceptors (Lipinski definition) is 3. The Labute approximate surface area is 261 Å². The van der Waals surface area contributed by atoms with Crippen LogP contribution in [0, 0.1) is 0 Å². The van der Waals surface area contributed by atoms with Crippen LogP contribution in [0.5, 0.6) is 0 Å². The normalized spacial score (nSPS) is 13.3. The molecule has 0 spiro atoms. The summed E-state index contributed by atoms with van der Waals surface area (Å²) >= 11 is 0. The standard InChI is InChI=1S/C42H29N3/c1-42(2)37-14-8-7-13-35(37)36-22-19-30-25-33(20-21-34(30)38(36)42)41-44-39(31-17-15-26-9-3-5-11-28(26)23-31)43-40(45-41)32-18-16-27-10-4-6-12-29(27)24-32/h3-25H,1-2H3. The summed E-state index contributed by atoms with van der Waals surface area (Å²) in [4.78, 5) is 15.2. The Kier molecular flexibility index (Phi) is 5.54. The molecule has 3 heteroatoms. The summed E-state index contributed by atoms with van der Waals surface area (Å²) in [7, 11) is 0. The van der Waals surface area contributed by atoms with Crippen LogP contribution in [0.2, 0.25) is 0 Å². The van der Waals surface area contributed by atoms with Gasteiger partial charge in [0.25, 0.3) is 0 Å². The average Bonchev–Trinajstić information content (AvgIpc) is 3.33. The van der Waals surface area contributed by atoms with Gasteiger partial charge in [-0.3, -0.25) is 0 Å². The van der Waals surface area contributed by atoms with Crippen LogP contribution < -0.4 is 0 Å². The molecule has 0 unspecified atom stereocenters. The SMILES string of the molecule is CC1(C)c2ccccc2-c2ccc3cc(-c4nc(-c5ccc6ccccc6c5)nc(-c5ccc6ccccc6c5)n4)ccc3c21. The third-order valence-corrected chi connectivity index (χ3v) is 9.44. The Morgan fingerprint density at radius 1 is 0.400 bits per heavy atom. The van der Waals surface area contributed by atoms with Crippen molar-refractivity contribution in [1.29, 1.82) is 0 Å². The Bertz CT molecular complexity index is 2380. The molecule has 1 aliphatic rings. The van der Waals surface area contributed by atoms with Gasteiger partial charge in [0.1, 0.15) is 0 Å². The monoisotopic (exact) mass is 575 g/mol. The maximum atomic E-state index is 5.09. The molecule has 3 nitrogen and oxygen atoms in total. The minimum Gasteiger partial charge on any atom is -0.208 e. The predicted molar refractivity (Wildman–Crippen MR) is 186 cm³/mol. The van der Waals surface area contributed by atoms with Crippen molar-refractivity contribution in [3.63, 3.8) is 0 Å². The summed E-state index contributed by atoms with van der Waals surface area (Å²) < 4.78 is 0. The summed E-state index contributed by atoms with van der Waals surface area (Å²) in [6.07, 6.45) is 0. The predicted octanol–water partition coefficient (Wildman–Crippen LogP) is 10.6. The van der Waals surface area contributed by atoms with Gasteiger partial charge in [0.2, 0.25) is 0 Å². The van der Waals surface area contributed by atoms with Crippen molar-refractivity contribution in [2.24, 2.45) is 0 Å². The van der Waals surface area contributed by atoms with E-state index in [0.29, 0.717) is 17.5 Å². The van der Waals surface area contributed by atoms with E-state index in [1.165, 1.54) is 43.8 Å². The van der Waals surface area contributed by atoms with Crippen molar-refractivity contribution in [3.8, 4) is 45.3 Å². The van der Waals surface area contributed by atoms with E-state index in [0.717, 1.165) is 27.5 Å². The lowest BCUT2D eigenvalue weighted by Crippen LogP contribution is -2.15. The number of fused-ring (bicyclic) bond motifs is 7. The highest BCUT2D eigenvalue weighted by molar-refractivity contribution is 5.99. The van der Waals surface area contributed by atoms with E-state index in [-0.39, 0.29) is 5.41 Å². The van der Waals surface area contributed by atoms with E-state index in [2.05, 4.69) is 153 Å². The number of benzene rings is 7. The van der Waals surface area contributed by atoms with Gasteiger partial charge < -0.3 is 0 Å². The van der Waals surface area contributed by atoms with Crippen LogP contribution in [0.4, 0.5) is 0 Å². The first kappa shape index (κ1) is 25.8. The van der Waals surface area contributed by atoms with Gasteiger partial charge in [0.05, 0.1) is 0 Å². The Morgan fingerprint density at radius 2 is 0.867 bits per heavy atom. The zero-order valence-corrected chi connectivity index (χ0v) is 25.1. The summed E-state index contributed by atoms with van der Waals surface area (Å²) in [5.41, 5.74) is 8.27. The van der Waals surface area contributed by atoms with Gasteiger partial charge in [0.15, 0.2) is 17.5 Å².